The first kappa shape index (κ1) is 16.8. The average Bonchev–Trinajstić information content (AvgIpc) is 2.48. The van der Waals surface area contributed by atoms with Crippen molar-refractivity contribution in [2.24, 2.45) is 0 Å². The Balaban J connectivity index is 1.91. The maximum absolute atomic E-state index is 12.2. The molecule has 0 aromatic heterocycles. The highest BCUT2D eigenvalue weighted by Gasteiger charge is 2.29. The molecule has 0 saturated carbocycles. The molecule has 2 N–H and O–H groups in total. The summed E-state index contributed by atoms with van der Waals surface area (Å²) in [7, 11) is 0. The Labute approximate surface area is 135 Å². The van der Waals surface area contributed by atoms with E-state index in [2.05, 4.69) is 5.32 Å². The first-order chi connectivity index (χ1) is 10.5. The number of carboxylic acid groups (broad SMARTS) is 1. The number of rotatable bonds is 5. The molecule has 0 bridgehead atoms. The van der Waals surface area contributed by atoms with E-state index in [0.29, 0.717) is 18.0 Å². The highest BCUT2D eigenvalue weighted by atomic mass is 35.5. The van der Waals surface area contributed by atoms with Crippen LogP contribution in [0.25, 0.3) is 0 Å². The summed E-state index contributed by atoms with van der Waals surface area (Å²) in [6, 6.07) is 6.61. The van der Waals surface area contributed by atoms with Crippen LogP contribution in [0.4, 0.5) is 0 Å². The predicted molar refractivity (Wildman–Crippen MR) is 84.9 cm³/mol. The molecule has 0 radical (unpaired) electrons. The van der Waals surface area contributed by atoms with Gasteiger partial charge in [0, 0.05) is 5.02 Å². The van der Waals surface area contributed by atoms with Crippen molar-refractivity contribution in [1.29, 1.82) is 0 Å². The molecule has 22 heavy (non-hydrogen) atoms. The zero-order valence-corrected chi connectivity index (χ0v) is 13.3. The quantitative estimate of drug-likeness (QED) is 0.873. The van der Waals surface area contributed by atoms with Crippen molar-refractivity contribution in [2.45, 2.75) is 38.3 Å². The number of nitrogens with one attached hydrogen (secondary N) is 1. The molecule has 0 aliphatic carbocycles. The lowest BCUT2D eigenvalue weighted by atomic mass is 10.0. The summed E-state index contributed by atoms with van der Waals surface area (Å²) in [4.78, 5) is 25.1. The minimum absolute atomic E-state index is 0.120. The molecule has 2 unspecified atom stereocenters. The molecule has 1 amide bonds. The van der Waals surface area contributed by atoms with Gasteiger partial charge >= 0.3 is 5.97 Å². The van der Waals surface area contributed by atoms with E-state index in [1.165, 1.54) is 0 Å². The van der Waals surface area contributed by atoms with Crippen molar-refractivity contribution < 1.29 is 14.7 Å². The maximum Gasteiger partial charge on any atom is 0.320 e. The van der Waals surface area contributed by atoms with E-state index in [1.807, 2.05) is 19.1 Å². The van der Waals surface area contributed by atoms with Gasteiger partial charge in [-0.2, -0.15) is 0 Å². The molecule has 1 aliphatic heterocycles. The van der Waals surface area contributed by atoms with Crippen LogP contribution >= 0.6 is 11.6 Å². The number of nitrogens with zero attached hydrogens (tertiary/aromatic N) is 1. The smallest absolute Gasteiger partial charge is 0.320 e. The SMILES string of the molecule is CC(NC(=O)CN1CCCCC1C(=O)O)c1ccc(Cl)cc1. The Morgan fingerprint density at radius 2 is 2.05 bits per heavy atom. The molecule has 2 rings (SSSR count). The highest BCUT2D eigenvalue weighted by molar-refractivity contribution is 6.30. The number of carboxylic acids is 1. The van der Waals surface area contributed by atoms with Crippen molar-refractivity contribution in [3.05, 3.63) is 34.9 Å². The molecule has 2 atom stereocenters. The third-order valence-electron chi connectivity index (χ3n) is 3.99. The van der Waals surface area contributed by atoms with E-state index < -0.39 is 12.0 Å². The molecule has 0 spiro atoms. The van der Waals surface area contributed by atoms with Gasteiger partial charge in [0.15, 0.2) is 0 Å². The normalized spacial score (nSPS) is 20.4. The second-order valence-electron chi connectivity index (χ2n) is 5.66. The fourth-order valence-electron chi connectivity index (χ4n) is 2.77. The minimum atomic E-state index is -0.849. The average molecular weight is 325 g/mol. The Morgan fingerprint density at radius 1 is 1.36 bits per heavy atom. The number of hydrogen-bond acceptors (Lipinski definition) is 3. The van der Waals surface area contributed by atoms with Gasteiger partial charge in [-0.05, 0) is 44.0 Å². The van der Waals surface area contributed by atoms with Crippen molar-refractivity contribution in [3.8, 4) is 0 Å². The number of likely N-dealkylation sites (tertiary alicyclic amines) is 1. The number of carbonyl (C=O) groups excluding carboxylic acids is 1. The fraction of sp³-hybridized carbons (Fsp3) is 0.500. The number of aliphatic carboxylic acids is 1. The van der Waals surface area contributed by atoms with Gasteiger partial charge in [0.2, 0.25) is 5.91 Å². The van der Waals surface area contributed by atoms with Crippen LogP contribution in [-0.4, -0.2) is 41.0 Å². The number of benzene rings is 1. The van der Waals surface area contributed by atoms with E-state index >= 15 is 0 Å². The van der Waals surface area contributed by atoms with E-state index in [9.17, 15) is 14.7 Å². The standard InChI is InChI=1S/C16H21ClN2O3/c1-11(12-5-7-13(17)8-6-12)18-15(20)10-19-9-3-2-4-14(19)16(21)22/h5-8,11,14H,2-4,9-10H2,1H3,(H,18,20)(H,21,22). The lowest BCUT2D eigenvalue weighted by Gasteiger charge is -2.32. The van der Waals surface area contributed by atoms with Crippen LogP contribution in [0.3, 0.4) is 0 Å². The third-order valence-corrected chi connectivity index (χ3v) is 4.24. The van der Waals surface area contributed by atoms with Gasteiger partial charge in [0.05, 0.1) is 12.6 Å². The van der Waals surface area contributed by atoms with Gasteiger partial charge < -0.3 is 10.4 Å². The summed E-state index contributed by atoms with van der Waals surface area (Å²) in [5.41, 5.74) is 0.964. The van der Waals surface area contributed by atoms with Gasteiger partial charge in [0.25, 0.3) is 0 Å². The van der Waals surface area contributed by atoms with Gasteiger partial charge in [-0.3, -0.25) is 14.5 Å². The largest absolute Gasteiger partial charge is 0.480 e. The zero-order valence-electron chi connectivity index (χ0n) is 12.6. The van der Waals surface area contributed by atoms with Gasteiger partial charge in [-0.25, -0.2) is 0 Å². The number of carbonyl (C=O) groups is 2. The first-order valence-corrected chi connectivity index (χ1v) is 7.87. The molecule has 1 fully saturated rings. The fourth-order valence-corrected chi connectivity index (χ4v) is 2.89. The van der Waals surface area contributed by atoms with Crippen LogP contribution in [0.1, 0.15) is 37.8 Å². The van der Waals surface area contributed by atoms with Gasteiger partial charge in [-0.1, -0.05) is 30.2 Å². The number of hydrogen-bond donors (Lipinski definition) is 2. The monoisotopic (exact) mass is 324 g/mol. The number of amides is 1. The third kappa shape index (κ3) is 4.45. The molecular formula is C16H21ClN2O3. The van der Waals surface area contributed by atoms with E-state index in [1.54, 1.807) is 17.0 Å². The van der Waals surface area contributed by atoms with Gasteiger partial charge in [-0.15, -0.1) is 0 Å². The Bertz CT molecular complexity index is 533. The summed E-state index contributed by atoms with van der Waals surface area (Å²) < 4.78 is 0. The first-order valence-electron chi connectivity index (χ1n) is 7.49. The van der Waals surface area contributed by atoms with Crippen molar-refractivity contribution >= 4 is 23.5 Å². The predicted octanol–water partition coefficient (Wildman–Crippen LogP) is 2.46. The Hall–Kier alpha value is -1.59. The van der Waals surface area contributed by atoms with E-state index in [4.69, 9.17) is 11.6 Å². The van der Waals surface area contributed by atoms with Crippen molar-refractivity contribution in [3.63, 3.8) is 0 Å². The van der Waals surface area contributed by atoms with Crippen LogP contribution in [-0.2, 0) is 9.59 Å². The molecule has 1 aromatic carbocycles. The Morgan fingerprint density at radius 3 is 2.68 bits per heavy atom. The van der Waals surface area contributed by atoms with E-state index in [0.717, 1.165) is 18.4 Å². The van der Waals surface area contributed by atoms with E-state index in [-0.39, 0.29) is 18.5 Å². The summed E-state index contributed by atoms with van der Waals surface area (Å²) >= 11 is 5.85. The minimum Gasteiger partial charge on any atom is -0.480 e. The summed E-state index contributed by atoms with van der Waals surface area (Å²) in [5, 5.41) is 12.8. The second kappa shape index (κ2) is 7.61. The zero-order chi connectivity index (χ0) is 16.1. The van der Waals surface area contributed by atoms with Gasteiger partial charge in [0.1, 0.15) is 6.04 Å². The van der Waals surface area contributed by atoms with Crippen LogP contribution < -0.4 is 5.32 Å². The van der Waals surface area contributed by atoms with Crippen molar-refractivity contribution in [2.75, 3.05) is 13.1 Å². The van der Waals surface area contributed by atoms with Crippen molar-refractivity contribution in [1.82, 2.24) is 10.2 Å². The Kier molecular flexibility index (Phi) is 5.80. The highest BCUT2D eigenvalue weighted by Crippen LogP contribution is 2.18. The summed E-state index contributed by atoms with van der Waals surface area (Å²) in [6.07, 6.45) is 2.44. The number of piperidine rings is 1. The summed E-state index contributed by atoms with van der Waals surface area (Å²) in [6.45, 7) is 2.67. The molecule has 120 valence electrons. The van der Waals surface area contributed by atoms with Crippen LogP contribution in [0.2, 0.25) is 5.02 Å². The van der Waals surface area contributed by atoms with Crippen LogP contribution in [0.15, 0.2) is 24.3 Å². The summed E-state index contributed by atoms with van der Waals surface area (Å²) in [5.74, 6) is -1.01. The molecule has 1 aromatic rings. The lowest BCUT2D eigenvalue weighted by Crippen LogP contribution is -2.49. The topological polar surface area (TPSA) is 69.6 Å². The maximum atomic E-state index is 12.2. The number of halogens is 1. The molecule has 1 aliphatic rings. The van der Waals surface area contributed by atoms with Crippen LogP contribution in [0, 0.1) is 0 Å². The second-order valence-corrected chi connectivity index (χ2v) is 6.10. The molecule has 5 nitrogen and oxygen atoms in total. The van der Waals surface area contributed by atoms with Crippen LogP contribution in [0.5, 0.6) is 0 Å². The lowest BCUT2D eigenvalue weighted by molar-refractivity contribution is -0.145. The molecular weight excluding hydrogens is 304 g/mol. The molecule has 1 saturated heterocycles. The molecule has 6 heteroatoms. The molecule has 1 heterocycles.